The predicted octanol–water partition coefficient (Wildman–Crippen LogP) is 9.94. The van der Waals surface area contributed by atoms with Crippen LogP contribution in [0.3, 0.4) is 0 Å². The SMILES string of the molecule is CC(C)(C)OC(=O)NC[C@H]1CCN(C(=O)C2CC2)C1.CC(C)(C)OC(=O)NC[C@H]1CCNC1.COC(=O)c1nc(-c2ccc3ncc(C)n3c2)c(-c2ncco2)nc1N.Cc1cnc2ccc(-c3nc(C(=O)CC[C@H]4CCN(C(=O)C5CC5)C4)c(N)nc3-c3ncco3)cn12.NC[C@H]1CCN(C(=O)C2CC2)C1.O=C(Cl)C1CC1. The van der Waals surface area contributed by atoms with Crippen LogP contribution in [-0.4, -0.2) is 201 Å². The molecule has 0 spiro atoms. The number of alkyl carbamates (subject to hydrolysis) is 2. The van der Waals surface area contributed by atoms with Gasteiger partial charge >= 0.3 is 18.2 Å². The Morgan fingerprint density at radius 2 is 0.982 bits per heavy atom. The van der Waals surface area contributed by atoms with Crippen LogP contribution >= 0.6 is 11.6 Å². The van der Waals surface area contributed by atoms with Gasteiger partial charge in [-0.2, -0.15) is 0 Å². The van der Waals surface area contributed by atoms with Crippen molar-refractivity contribution in [1.29, 1.82) is 0 Å². The largest absolute Gasteiger partial charge is 0.464 e. The molecule has 33 heteroatoms. The van der Waals surface area contributed by atoms with E-state index in [1.807, 2.05) is 116 Å². The number of imidazole rings is 2. The molecule has 606 valence electrons. The number of amides is 5. The molecule has 8 aromatic heterocycles. The number of rotatable bonds is 18. The molecule has 8 fully saturated rings. The van der Waals surface area contributed by atoms with Crippen molar-refractivity contribution in [3.8, 4) is 45.7 Å². The van der Waals surface area contributed by atoms with E-state index in [9.17, 15) is 38.4 Å². The highest BCUT2D eigenvalue weighted by atomic mass is 35.5. The zero-order valence-corrected chi connectivity index (χ0v) is 66.7. The van der Waals surface area contributed by atoms with E-state index in [1.165, 1.54) is 32.0 Å². The number of likely N-dealkylation sites (tertiary alicyclic amines) is 3. The van der Waals surface area contributed by atoms with Crippen LogP contribution in [0, 0.1) is 61.2 Å². The molecule has 4 aliphatic heterocycles. The quantitative estimate of drug-likeness (QED) is 0.0201. The molecule has 4 aliphatic carbocycles. The molecule has 4 saturated carbocycles. The van der Waals surface area contributed by atoms with Gasteiger partial charge in [-0.3, -0.25) is 24.0 Å². The molecule has 4 atom stereocenters. The molecule has 0 bridgehead atoms. The summed E-state index contributed by atoms with van der Waals surface area (Å²) in [5, 5.41) is 8.66. The number of nitrogens with two attached hydrogens (primary N) is 3. The van der Waals surface area contributed by atoms with Gasteiger partial charge in [0.1, 0.15) is 52.1 Å². The lowest BCUT2D eigenvalue weighted by Crippen LogP contribution is -2.36. The van der Waals surface area contributed by atoms with Gasteiger partial charge in [0.15, 0.2) is 34.5 Å². The first kappa shape index (κ1) is 83.5. The van der Waals surface area contributed by atoms with E-state index in [2.05, 4.69) is 50.8 Å². The van der Waals surface area contributed by atoms with Crippen molar-refractivity contribution in [2.24, 2.45) is 53.1 Å². The van der Waals surface area contributed by atoms with Crippen LogP contribution in [0.4, 0.5) is 21.2 Å². The van der Waals surface area contributed by atoms with Gasteiger partial charge in [0.2, 0.25) is 34.7 Å². The Kier molecular flexibility index (Phi) is 27.7. The number of esters is 1. The first-order valence-corrected chi connectivity index (χ1v) is 39.4. The molecule has 16 rings (SSSR count). The highest BCUT2D eigenvalue weighted by Gasteiger charge is 2.40. The number of anilines is 2. The van der Waals surface area contributed by atoms with E-state index < -0.39 is 17.2 Å². The maximum atomic E-state index is 13.2. The van der Waals surface area contributed by atoms with Crippen molar-refractivity contribution < 1.29 is 61.4 Å². The minimum atomic E-state index is -0.671. The van der Waals surface area contributed by atoms with E-state index in [4.69, 9.17) is 56.8 Å². The number of aryl methyl sites for hydroxylation is 2. The average Bonchev–Trinajstić information content (AvgIpc) is 1.33. The zero-order chi connectivity index (χ0) is 80.8. The topological polar surface area (TPSA) is 426 Å². The molecule has 9 N–H and O–H groups in total. The smallest absolute Gasteiger partial charge is 0.407 e. The third-order valence-corrected chi connectivity index (χ3v) is 20.6. The number of methoxy groups -OCH3 is 1. The summed E-state index contributed by atoms with van der Waals surface area (Å²) in [4.78, 5) is 135. The summed E-state index contributed by atoms with van der Waals surface area (Å²) < 4.78 is 29.8. The molecule has 8 aliphatic rings. The third kappa shape index (κ3) is 23.6. The Morgan fingerprint density at radius 1 is 0.549 bits per heavy atom. The van der Waals surface area contributed by atoms with Gasteiger partial charge in [-0.1, -0.05) is 0 Å². The monoisotopic (exact) mass is 1580 g/mol. The highest BCUT2D eigenvalue weighted by Crippen LogP contribution is 2.38. The number of ether oxygens (including phenoxy) is 3. The molecule has 0 aromatic carbocycles. The summed E-state index contributed by atoms with van der Waals surface area (Å²) in [6.45, 7) is 24.1. The zero-order valence-electron chi connectivity index (χ0n) is 66.0. The predicted molar refractivity (Wildman–Crippen MR) is 421 cm³/mol. The van der Waals surface area contributed by atoms with E-state index in [-0.39, 0.29) is 81.7 Å². The van der Waals surface area contributed by atoms with E-state index in [0.29, 0.717) is 95.7 Å². The van der Waals surface area contributed by atoms with Crippen molar-refractivity contribution in [3.63, 3.8) is 0 Å². The lowest BCUT2D eigenvalue weighted by molar-refractivity contribution is -0.132. The third-order valence-electron chi connectivity index (χ3n) is 20.3. The standard InChI is InChI=1S/C26H27N7O3.C17H14N6O3.C14H24N2O3.C10H20N2O2.C9H16N2O.C4H5ClO/c1-15-12-29-20-7-5-18(14-33(15)20)21-23(25-28-9-11-36-25)31-24(27)22(30-21)19(34)6-2-16-8-10-32(13-16)26(35)17-3-4-17;1-9-7-20-11-4-3-10(8-23(9)11)12-13(16-19-5-6-26-16)22-15(18)14(21-12)17(24)25-2;1-14(2,3)19-13(18)15-8-10-6-7-16(9-10)12(17)11-4-5-11;1-10(2,3)14-9(13)12-7-8-4-5-11-6-8;10-5-7-3-4-11(6-7)9(12)8-1-2-8;5-4(6)3-1-2-3/h5,7,9,11-12,14,16-17H,2-4,6,8,10,13H2,1H3,(H2,27,31);3-8H,1-2H3,(H2,18,22);10-11H,4-9H2,1-3H3,(H,15,18);8,11H,4-7H2,1-3H3,(H,12,13);7-8H,1-6,10H2;3H,1-2H2/t16-;;10-;8-;7-;/m0.101./s1. The first-order chi connectivity index (χ1) is 54.0. The molecular formula is C80H106ClN19O13. The summed E-state index contributed by atoms with van der Waals surface area (Å²) in [7, 11) is 1.26. The number of hydrogen-bond acceptors (Lipinski definition) is 25. The lowest BCUT2D eigenvalue weighted by atomic mass is 9.99. The van der Waals surface area contributed by atoms with Crippen molar-refractivity contribution >= 4 is 81.4 Å². The second-order valence-electron chi connectivity index (χ2n) is 32.1. The summed E-state index contributed by atoms with van der Waals surface area (Å²) >= 11 is 5.04. The number of nitrogens with one attached hydrogen (secondary N) is 3. The fourth-order valence-electron chi connectivity index (χ4n) is 13.4. The van der Waals surface area contributed by atoms with Crippen molar-refractivity contribution in [2.45, 2.75) is 156 Å². The molecule has 32 nitrogen and oxygen atoms in total. The number of Topliss-reactive ketones (excluding diaryl/α,β-unsaturated/α-hetero) is 1. The number of carbonyl (C=O) groups is 8. The minimum absolute atomic E-state index is 0.0498. The number of ketones is 1. The van der Waals surface area contributed by atoms with Crippen LogP contribution in [0.25, 0.3) is 57.0 Å². The molecule has 4 saturated heterocycles. The van der Waals surface area contributed by atoms with Crippen LogP contribution in [-0.2, 0) is 33.4 Å². The number of hydrogen-bond donors (Lipinski definition) is 6. The van der Waals surface area contributed by atoms with Crippen molar-refractivity contribution in [2.75, 3.05) is 90.6 Å². The van der Waals surface area contributed by atoms with Crippen LogP contribution in [0.2, 0.25) is 0 Å². The van der Waals surface area contributed by atoms with Gasteiger partial charge in [-0.05, 0) is 218 Å². The van der Waals surface area contributed by atoms with E-state index >= 15 is 0 Å². The van der Waals surface area contributed by atoms with E-state index in [1.54, 1.807) is 12.4 Å². The number of nitrogen functional groups attached to an aromatic ring is 2. The van der Waals surface area contributed by atoms with Gasteiger partial charge in [0, 0.05) is 130 Å². The first-order valence-electron chi connectivity index (χ1n) is 39.0. The fraction of sp³-hybridized carbons (Fsp3) is 0.550. The maximum absolute atomic E-state index is 13.2. The Bertz CT molecular complexity index is 4650. The number of oxazole rings is 2. The summed E-state index contributed by atoms with van der Waals surface area (Å²) in [6, 6.07) is 7.44. The van der Waals surface area contributed by atoms with Crippen LogP contribution < -0.4 is 33.2 Å². The molecule has 0 radical (unpaired) electrons. The number of carbonyl (C=O) groups excluding carboxylic acids is 8. The normalized spacial score (nSPS) is 19.1. The maximum Gasteiger partial charge on any atom is 0.407 e. The summed E-state index contributed by atoms with van der Waals surface area (Å²) in [6.07, 6.45) is 26.0. The van der Waals surface area contributed by atoms with Gasteiger partial charge < -0.3 is 79.7 Å². The highest BCUT2D eigenvalue weighted by molar-refractivity contribution is 6.64. The van der Waals surface area contributed by atoms with Gasteiger partial charge in [-0.15, -0.1) is 0 Å². The fourth-order valence-corrected chi connectivity index (χ4v) is 13.6. The van der Waals surface area contributed by atoms with Crippen molar-refractivity contribution in [1.82, 2.24) is 79.3 Å². The molecular weight excluding hydrogens is 1470 g/mol. The molecule has 12 heterocycles. The summed E-state index contributed by atoms with van der Waals surface area (Å²) in [5.41, 5.74) is 23.4. The second-order valence-corrected chi connectivity index (χ2v) is 32.5. The molecule has 113 heavy (non-hydrogen) atoms. The number of aromatic nitrogens is 10. The average molecular weight is 1580 g/mol. The molecule has 5 amide bonds. The van der Waals surface area contributed by atoms with Gasteiger partial charge in [0.05, 0.1) is 19.5 Å². The van der Waals surface area contributed by atoms with Crippen LogP contribution in [0.5, 0.6) is 0 Å². The summed E-state index contributed by atoms with van der Waals surface area (Å²) in [5.74, 6) is 3.55. The minimum Gasteiger partial charge on any atom is -0.464 e. The molecule has 8 aromatic rings. The Balaban J connectivity index is 0.000000144. The Labute approximate surface area is 661 Å². The van der Waals surface area contributed by atoms with Gasteiger partial charge in [-0.25, -0.2) is 54.3 Å². The number of pyridine rings is 2. The molecule has 0 unspecified atom stereocenters. The number of fused-ring (bicyclic) bond motifs is 2. The van der Waals surface area contributed by atoms with Crippen LogP contribution in [0.15, 0.2) is 82.8 Å². The number of nitrogens with zero attached hydrogens (tertiary/aromatic N) is 13. The Hall–Kier alpha value is -10.5. The Morgan fingerprint density at radius 3 is 1.38 bits per heavy atom. The second kappa shape index (κ2) is 37.4. The van der Waals surface area contributed by atoms with Gasteiger partial charge in [0.25, 0.3) is 0 Å². The van der Waals surface area contributed by atoms with Crippen LogP contribution in [0.1, 0.15) is 164 Å². The number of halogens is 1. The van der Waals surface area contributed by atoms with E-state index in [0.717, 1.165) is 164 Å². The lowest BCUT2D eigenvalue weighted by Gasteiger charge is -2.21. The van der Waals surface area contributed by atoms with Crippen molar-refractivity contribution in [3.05, 3.63) is 96.7 Å².